The first kappa shape index (κ1) is 10.8. The Morgan fingerprint density at radius 1 is 1.50 bits per heavy atom. The second kappa shape index (κ2) is 7.95. The Morgan fingerprint density at radius 3 is 2.75 bits per heavy atom. The first-order valence-electron chi connectivity index (χ1n) is 3.84. The molecule has 0 fully saturated rings. The standard InChI is InChI=1S/C10H15NO/c1-3-4-6-10(9-11)7-5-8-12-2/h3-7,9,11H,8H2,1-2H3/b4-3-,7-5-,10-6+,11-9?. The molecule has 0 rings (SSSR count). The summed E-state index contributed by atoms with van der Waals surface area (Å²) in [6, 6.07) is 0. The van der Waals surface area contributed by atoms with Crippen molar-refractivity contribution in [3.63, 3.8) is 0 Å². The highest BCUT2D eigenvalue weighted by molar-refractivity contribution is 5.80. The van der Waals surface area contributed by atoms with E-state index < -0.39 is 0 Å². The zero-order valence-electron chi connectivity index (χ0n) is 7.58. The number of rotatable bonds is 5. The van der Waals surface area contributed by atoms with Gasteiger partial charge in [-0.3, -0.25) is 0 Å². The van der Waals surface area contributed by atoms with Crippen LogP contribution in [0.4, 0.5) is 0 Å². The van der Waals surface area contributed by atoms with Crippen molar-refractivity contribution in [1.82, 2.24) is 0 Å². The van der Waals surface area contributed by atoms with E-state index in [-0.39, 0.29) is 0 Å². The van der Waals surface area contributed by atoms with Crippen LogP contribution >= 0.6 is 0 Å². The number of nitrogens with one attached hydrogen (secondary N) is 1. The predicted octanol–water partition coefficient (Wildman–Crippen LogP) is 2.34. The van der Waals surface area contributed by atoms with E-state index >= 15 is 0 Å². The van der Waals surface area contributed by atoms with Gasteiger partial charge in [-0.15, -0.1) is 0 Å². The Morgan fingerprint density at radius 2 is 2.25 bits per heavy atom. The van der Waals surface area contributed by atoms with Gasteiger partial charge in [0.05, 0.1) is 6.61 Å². The second-order valence-electron chi connectivity index (χ2n) is 2.19. The molecule has 0 aliphatic rings. The summed E-state index contributed by atoms with van der Waals surface area (Å²) in [7, 11) is 1.64. The fourth-order valence-electron chi connectivity index (χ4n) is 0.640. The third-order valence-corrected chi connectivity index (χ3v) is 1.22. The van der Waals surface area contributed by atoms with E-state index in [1.165, 1.54) is 6.21 Å². The van der Waals surface area contributed by atoms with Crippen molar-refractivity contribution in [3.05, 3.63) is 36.0 Å². The molecule has 2 heteroatoms. The van der Waals surface area contributed by atoms with Crippen molar-refractivity contribution < 1.29 is 4.74 Å². The fraction of sp³-hybridized carbons (Fsp3) is 0.300. The molecule has 0 aromatic carbocycles. The van der Waals surface area contributed by atoms with Gasteiger partial charge in [0.25, 0.3) is 0 Å². The molecule has 0 saturated heterocycles. The summed E-state index contributed by atoms with van der Waals surface area (Å²) < 4.78 is 4.83. The molecule has 0 aromatic rings. The minimum atomic E-state index is 0.584. The zero-order chi connectivity index (χ0) is 9.23. The number of ether oxygens (including phenoxy) is 1. The summed E-state index contributed by atoms with van der Waals surface area (Å²) in [5.74, 6) is 0. The van der Waals surface area contributed by atoms with Gasteiger partial charge in [-0.2, -0.15) is 0 Å². The van der Waals surface area contributed by atoms with Crippen molar-refractivity contribution in [2.45, 2.75) is 6.92 Å². The van der Waals surface area contributed by atoms with E-state index in [4.69, 9.17) is 10.1 Å². The Bertz CT molecular complexity index is 202. The van der Waals surface area contributed by atoms with Crippen molar-refractivity contribution in [2.75, 3.05) is 13.7 Å². The van der Waals surface area contributed by atoms with Crippen molar-refractivity contribution in [2.24, 2.45) is 0 Å². The topological polar surface area (TPSA) is 33.1 Å². The van der Waals surface area contributed by atoms with E-state index in [0.717, 1.165) is 5.57 Å². The molecule has 0 aromatic heterocycles. The molecule has 1 N–H and O–H groups in total. The van der Waals surface area contributed by atoms with Gasteiger partial charge in [0.2, 0.25) is 0 Å². The third kappa shape index (κ3) is 5.62. The highest BCUT2D eigenvalue weighted by Crippen LogP contribution is 1.93. The van der Waals surface area contributed by atoms with Crippen LogP contribution in [0.5, 0.6) is 0 Å². The van der Waals surface area contributed by atoms with Crippen LogP contribution in [0.2, 0.25) is 0 Å². The lowest BCUT2D eigenvalue weighted by molar-refractivity contribution is 0.234. The lowest BCUT2D eigenvalue weighted by Crippen LogP contribution is -1.82. The van der Waals surface area contributed by atoms with E-state index in [2.05, 4.69) is 0 Å². The predicted molar refractivity (Wildman–Crippen MR) is 52.7 cm³/mol. The maximum Gasteiger partial charge on any atom is 0.0646 e. The van der Waals surface area contributed by atoms with Gasteiger partial charge in [0.15, 0.2) is 0 Å². The number of methoxy groups -OCH3 is 1. The Balaban J connectivity index is 4.07. The number of hydrogen-bond donors (Lipinski definition) is 1. The van der Waals surface area contributed by atoms with Crippen LogP contribution < -0.4 is 0 Å². The minimum absolute atomic E-state index is 0.584. The van der Waals surface area contributed by atoms with Gasteiger partial charge >= 0.3 is 0 Å². The van der Waals surface area contributed by atoms with Crippen LogP contribution in [-0.4, -0.2) is 19.9 Å². The molecule has 0 aliphatic carbocycles. The lowest BCUT2D eigenvalue weighted by atomic mass is 10.2. The molecule has 0 saturated carbocycles. The largest absolute Gasteiger partial charge is 0.381 e. The van der Waals surface area contributed by atoms with Crippen LogP contribution in [-0.2, 0) is 4.74 Å². The molecule has 2 nitrogen and oxygen atoms in total. The smallest absolute Gasteiger partial charge is 0.0646 e. The minimum Gasteiger partial charge on any atom is -0.381 e. The molecular weight excluding hydrogens is 150 g/mol. The molecule has 0 amide bonds. The van der Waals surface area contributed by atoms with Gasteiger partial charge in [0, 0.05) is 13.3 Å². The zero-order valence-corrected chi connectivity index (χ0v) is 7.58. The van der Waals surface area contributed by atoms with Crippen LogP contribution in [0.3, 0.4) is 0 Å². The maximum absolute atomic E-state index is 7.05. The summed E-state index contributed by atoms with van der Waals surface area (Å²) in [6.45, 7) is 2.53. The van der Waals surface area contributed by atoms with Gasteiger partial charge in [-0.25, -0.2) is 0 Å². The Kier molecular flexibility index (Phi) is 7.19. The van der Waals surface area contributed by atoms with Crippen LogP contribution in [0.15, 0.2) is 36.0 Å². The average Bonchev–Trinajstić information content (AvgIpc) is 2.11. The molecule has 0 unspecified atom stereocenters. The summed E-state index contributed by atoms with van der Waals surface area (Å²) in [5.41, 5.74) is 0.866. The Hall–Kier alpha value is -1.15. The van der Waals surface area contributed by atoms with Gasteiger partial charge in [0.1, 0.15) is 0 Å². The SMILES string of the molecule is C\C=C/C=C(C=N)\C=C/COC. The Labute approximate surface area is 73.8 Å². The second-order valence-corrected chi connectivity index (χ2v) is 2.19. The molecule has 12 heavy (non-hydrogen) atoms. The monoisotopic (exact) mass is 165 g/mol. The summed E-state index contributed by atoms with van der Waals surface area (Å²) in [4.78, 5) is 0. The van der Waals surface area contributed by atoms with Crippen molar-refractivity contribution >= 4 is 6.21 Å². The fourth-order valence-corrected chi connectivity index (χ4v) is 0.640. The highest BCUT2D eigenvalue weighted by atomic mass is 16.5. The van der Waals surface area contributed by atoms with Crippen molar-refractivity contribution in [1.29, 1.82) is 5.41 Å². The molecular formula is C10H15NO. The number of allylic oxidation sites excluding steroid dienone is 5. The van der Waals surface area contributed by atoms with E-state index in [1.54, 1.807) is 7.11 Å². The van der Waals surface area contributed by atoms with Gasteiger partial charge in [-0.1, -0.05) is 30.4 Å². The van der Waals surface area contributed by atoms with Crippen LogP contribution in [0.25, 0.3) is 0 Å². The first-order valence-corrected chi connectivity index (χ1v) is 3.84. The summed E-state index contributed by atoms with van der Waals surface area (Å²) >= 11 is 0. The highest BCUT2D eigenvalue weighted by Gasteiger charge is 1.81. The van der Waals surface area contributed by atoms with E-state index in [1.807, 2.05) is 37.3 Å². The molecule has 0 heterocycles. The van der Waals surface area contributed by atoms with E-state index in [9.17, 15) is 0 Å². The van der Waals surface area contributed by atoms with Gasteiger partial charge < -0.3 is 10.1 Å². The first-order chi connectivity index (χ1) is 5.85. The molecule has 0 radical (unpaired) electrons. The van der Waals surface area contributed by atoms with Crippen molar-refractivity contribution in [3.8, 4) is 0 Å². The molecule has 0 bridgehead atoms. The maximum atomic E-state index is 7.05. The third-order valence-electron chi connectivity index (χ3n) is 1.22. The van der Waals surface area contributed by atoms with E-state index in [0.29, 0.717) is 6.61 Å². The van der Waals surface area contributed by atoms with Gasteiger partial charge in [-0.05, 0) is 12.5 Å². The normalized spacial score (nSPS) is 13.0. The number of hydrogen-bond acceptors (Lipinski definition) is 2. The van der Waals surface area contributed by atoms with Crippen LogP contribution in [0.1, 0.15) is 6.92 Å². The molecule has 0 spiro atoms. The summed E-state index contributed by atoms with van der Waals surface area (Å²) in [6.07, 6.45) is 10.7. The molecule has 66 valence electrons. The lowest BCUT2D eigenvalue weighted by Gasteiger charge is -1.89. The molecule has 0 aliphatic heterocycles. The van der Waals surface area contributed by atoms with Crippen LogP contribution in [0, 0.1) is 5.41 Å². The summed E-state index contributed by atoms with van der Waals surface area (Å²) in [5, 5.41) is 7.05. The quantitative estimate of drug-likeness (QED) is 0.492. The average molecular weight is 165 g/mol. The molecule has 0 atom stereocenters.